The molecule has 1 aliphatic carbocycles. The summed E-state index contributed by atoms with van der Waals surface area (Å²) < 4.78 is 4.95. The summed E-state index contributed by atoms with van der Waals surface area (Å²) in [6, 6.07) is 0. The van der Waals surface area contributed by atoms with E-state index in [9.17, 15) is 9.59 Å². The molecular formula is C11H18N2O3. The molecule has 2 fully saturated rings. The molecule has 0 radical (unpaired) electrons. The summed E-state index contributed by atoms with van der Waals surface area (Å²) >= 11 is 0. The van der Waals surface area contributed by atoms with Gasteiger partial charge in [0.1, 0.15) is 5.54 Å². The summed E-state index contributed by atoms with van der Waals surface area (Å²) in [6.45, 7) is 1.16. The largest absolute Gasteiger partial charge is 0.383 e. The van der Waals surface area contributed by atoms with Crippen LogP contribution in [0.2, 0.25) is 0 Å². The lowest BCUT2D eigenvalue weighted by Crippen LogP contribution is -2.65. The monoisotopic (exact) mass is 226 g/mol. The number of hydrogen-bond donors (Lipinski definition) is 1. The molecule has 1 N–H and O–H groups in total. The summed E-state index contributed by atoms with van der Waals surface area (Å²) in [4.78, 5) is 25.5. The van der Waals surface area contributed by atoms with Crippen molar-refractivity contribution in [3.63, 3.8) is 0 Å². The van der Waals surface area contributed by atoms with Gasteiger partial charge in [-0.25, -0.2) is 0 Å². The number of nitrogens with one attached hydrogen (secondary N) is 1. The van der Waals surface area contributed by atoms with Crippen molar-refractivity contribution in [2.24, 2.45) is 0 Å². The minimum absolute atomic E-state index is 0.0439. The number of ether oxygens (including phenoxy) is 1. The highest BCUT2D eigenvalue weighted by atomic mass is 16.5. The van der Waals surface area contributed by atoms with E-state index in [2.05, 4.69) is 5.32 Å². The first-order chi connectivity index (χ1) is 7.68. The molecule has 16 heavy (non-hydrogen) atoms. The van der Waals surface area contributed by atoms with Crippen LogP contribution in [0.25, 0.3) is 0 Å². The van der Waals surface area contributed by atoms with Crippen molar-refractivity contribution in [1.82, 2.24) is 10.2 Å². The lowest BCUT2D eigenvalue weighted by Gasteiger charge is -2.39. The lowest BCUT2D eigenvalue weighted by molar-refractivity contribution is -0.150. The second kappa shape index (κ2) is 4.41. The van der Waals surface area contributed by atoms with Gasteiger partial charge in [0.25, 0.3) is 0 Å². The van der Waals surface area contributed by atoms with Crippen LogP contribution >= 0.6 is 0 Å². The third kappa shape index (κ3) is 1.91. The van der Waals surface area contributed by atoms with Gasteiger partial charge in [0, 0.05) is 13.7 Å². The number of carbonyl (C=O) groups is 2. The van der Waals surface area contributed by atoms with Crippen molar-refractivity contribution in [3.8, 4) is 0 Å². The fourth-order valence-corrected chi connectivity index (χ4v) is 2.61. The molecule has 2 rings (SSSR count). The summed E-state index contributed by atoms with van der Waals surface area (Å²) in [5, 5.41) is 2.88. The van der Waals surface area contributed by atoms with Gasteiger partial charge in [0.2, 0.25) is 11.8 Å². The van der Waals surface area contributed by atoms with Crippen LogP contribution < -0.4 is 5.32 Å². The lowest BCUT2D eigenvalue weighted by atomic mass is 9.93. The van der Waals surface area contributed by atoms with Gasteiger partial charge in [-0.3, -0.25) is 9.59 Å². The van der Waals surface area contributed by atoms with Gasteiger partial charge in [0.15, 0.2) is 0 Å². The van der Waals surface area contributed by atoms with Crippen LogP contribution in [0.15, 0.2) is 0 Å². The van der Waals surface area contributed by atoms with E-state index < -0.39 is 5.54 Å². The maximum absolute atomic E-state index is 12.3. The van der Waals surface area contributed by atoms with Gasteiger partial charge >= 0.3 is 0 Å². The van der Waals surface area contributed by atoms with E-state index in [1.54, 1.807) is 12.0 Å². The molecule has 1 saturated carbocycles. The van der Waals surface area contributed by atoms with Crippen LogP contribution in [-0.4, -0.2) is 49.1 Å². The molecule has 0 aromatic carbocycles. The molecule has 2 aliphatic rings. The third-order valence-corrected chi connectivity index (χ3v) is 3.43. The second-order valence-electron chi connectivity index (χ2n) is 4.56. The Hall–Kier alpha value is -1.10. The molecule has 90 valence electrons. The SMILES string of the molecule is COCCN1CC(=O)NC2(CCCC2)C1=O. The van der Waals surface area contributed by atoms with E-state index in [-0.39, 0.29) is 18.4 Å². The first-order valence-corrected chi connectivity index (χ1v) is 5.77. The van der Waals surface area contributed by atoms with E-state index in [0.29, 0.717) is 13.2 Å². The number of nitrogens with zero attached hydrogens (tertiary/aromatic N) is 1. The van der Waals surface area contributed by atoms with E-state index in [4.69, 9.17) is 4.74 Å². The van der Waals surface area contributed by atoms with Crippen LogP contribution in [0.1, 0.15) is 25.7 Å². The van der Waals surface area contributed by atoms with Gasteiger partial charge in [-0.1, -0.05) is 12.8 Å². The standard InChI is InChI=1S/C11H18N2O3/c1-16-7-6-13-8-9(14)12-11(10(13)15)4-2-3-5-11/h2-8H2,1H3,(H,12,14). The fourth-order valence-electron chi connectivity index (χ4n) is 2.61. The van der Waals surface area contributed by atoms with Gasteiger partial charge in [-0.15, -0.1) is 0 Å². The molecule has 5 nitrogen and oxygen atoms in total. The molecule has 1 spiro atoms. The summed E-state index contributed by atoms with van der Waals surface area (Å²) in [7, 11) is 1.60. The molecule has 1 saturated heterocycles. The van der Waals surface area contributed by atoms with Crippen molar-refractivity contribution in [1.29, 1.82) is 0 Å². The highest BCUT2D eigenvalue weighted by molar-refractivity contribution is 5.98. The Labute approximate surface area is 95.1 Å². The van der Waals surface area contributed by atoms with E-state index >= 15 is 0 Å². The minimum Gasteiger partial charge on any atom is -0.383 e. The first-order valence-electron chi connectivity index (χ1n) is 5.77. The molecule has 0 atom stereocenters. The van der Waals surface area contributed by atoms with Crippen LogP contribution in [0, 0.1) is 0 Å². The first kappa shape index (κ1) is 11.4. The van der Waals surface area contributed by atoms with Crippen LogP contribution in [0.4, 0.5) is 0 Å². The maximum atomic E-state index is 12.3. The quantitative estimate of drug-likeness (QED) is 0.731. The molecule has 0 aromatic heterocycles. The number of amides is 2. The topological polar surface area (TPSA) is 58.6 Å². The van der Waals surface area contributed by atoms with Crippen LogP contribution in [0.5, 0.6) is 0 Å². The number of piperazine rings is 1. The van der Waals surface area contributed by atoms with Crippen LogP contribution in [-0.2, 0) is 14.3 Å². The number of methoxy groups -OCH3 is 1. The Bertz CT molecular complexity index is 298. The fraction of sp³-hybridized carbons (Fsp3) is 0.818. The Kier molecular flexibility index (Phi) is 3.14. The molecule has 0 bridgehead atoms. The predicted molar refractivity (Wildman–Crippen MR) is 57.8 cm³/mol. The Balaban J connectivity index is 2.09. The third-order valence-electron chi connectivity index (χ3n) is 3.43. The van der Waals surface area contributed by atoms with Gasteiger partial charge < -0.3 is 15.0 Å². The predicted octanol–water partition coefficient (Wildman–Crippen LogP) is -0.0960. The summed E-state index contributed by atoms with van der Waals surface area (Å²) in [5.41, 5.74) is -0.594. The maximum Gasteiger partial charge on any atom is 0.248 e. The summed E-state index contributed by atoms with van der Waals surface area (Å²) in [6.07, 6.45) is 3.59. The van der Waals surface area contributed by atoms with Crippen molar-refractivity contribution >= 4 is 11.8 Å². The Morgan fingerprint density at radius 1 is 1.38 bits per heavy atom. The second-order valence-corrected chi connectivity index (χ2v) is 4.56. The van der Waals surface area contributed by atoms with Crippen molar-refractivity contribution < 1.29 is 14.3 Å². The van der Waals surface area contributed by atoms with Gasteiger partial charge in [0.05, 0.1) is 13.2 Å². The van der Waals surface area contributed by atoms with Crippen molar-refractivity contribution in [2.75, 3.05) is 26.8 Å². The van der Waals surface area contributed by atoms with E-state index in [0.717, 1.165) is 25.7 Å². The zero-order chi connectivity index (χ0) is 11.6. The smallest absolute Gasteiger partial charge is 0.248 e. The van der Waals surface area contributed by atoms with Crippen molar-refractivity contribution in [2.45, 2.75) is 31.2 Å². The Morgan fingerprint density at radius 2 is 2.06 bits per heavy atom. The van der Waals surface area contributed by atoms with E-state index in [1.165, 1.54) is 0 Å². The number of carbonyl (C=O) groups excluding carboxylic acids is 2. The highest BCUT2D eigenvalue weighted by Gasteiger charge is 2.47. The average molecular weight is 226 g/mol. The molecular weight excluding hydrogens is 208 g/mol. The normalized spacial score (nSPS) is 23.9. The molecule has 1 heterocycles. The molecule has 0 unspecified atom stereocenters. The van der Waals surface area contributed by atoms with Gasteiger partial charge in [-0.2, -0.15) is 0 Å². The van der Waals surface area contributed by atoms with Gasteiger partial charge in [-0.05, 0) is 12.8 Å². The summed E-state index contributed by atoms with van der Waals surface area (Å²) in [5.74, 6) is 0.0271. The van der Waals surface area contributed by atoms with E-state index in [1.807, 2.05) is 0 Å². The number of rotatable bonds is 3. The zero-order valence-corrected chi connectivity index (χ0v) is 9.62. The molecule has 1 aliphatic heterocycles. The molecule has 0 aromatic rings. The minimum atomic E-state index is -0.594. The average Bonchev–Trinajstić information content (AvgIpc) is 2.71. The zero-order valence-electron chi connectivity index (χ0n) is 9.62. The molecule has 5 heteroatoms. The number of hydrogen-bond acceptors (Lipinski definition) is 3. The van der Waals surface area contributed by atoms with Crippen molar-refractivity contribution in [3.05, 3.63) is 0 Å². The Morgan fingerprint density at radius 3 is 2.69 bits per heavy atom. The molecule has 2 amide bonds. The highest BCUT2D eigenvalue weighted by Crippen LogP contribution is 2.33. The van der Waals surface area contributed by atoms with Crippen LogP contribution in [0.3, 0.4) is 0 Å².